The number of urea groups is 1. The molecule has 2 aliphatic heterocycles. The SMILES string of the molecule is Cc1cc(N2CC(n3cc(N4CCN(C)C4=O)cn3)C2)nc2ccccc12. The van der Waals surface area contributed by atoms with Gasteiger partial charge in [0.15, 0.2) is 0 Å². The van der Waals surface area contributed by atoms with Crippen molar-refractivity contribution in [1.82, 2.24) is 19.7 Å². The average Bonchev–Trinajstić information content (AvgIpc) is 3.22. The molecule has 27 heavy (non-hydrogen) atoms. The molecule has 2 amide bonds. The number of benzene rings is 1. The Kier molecular flexibility index (Phi) is 3.56. The van der Waals surface area contributed by atoms with E-state index in [2.05, 4.69) is 41.2 Å². The third-order valence-electron chi connectivity index (χ3n) is 5.59. The van der Waals surface area contributed by atoms with Crippen molar-refractivity contribution in [2.45, 2.75) is 13.0 Å². The highest BCUT2D eigenvalue weighted by Gasteiger charge is 2.32. The van der Waals surface area contributed by atoms with Gasteiger partial charge in [-0.15, -0.1) is 0 Å². The first-order valence-corrected chi connectivity index (χ1v) is 9.28. The van der Waals surface area contributed by atoms with Gasteiger partial charge in [0.1, 0.15) is 5.82 Å². The summed E-state index contributed by atoms with van der Waals surface area (Å²) in [7, 11) is 1.83. The number of aryl methyl sites for hydroxylation is 1. The van der Waals surface area contributed by atoms with Gasteiger partial charge in [0.05, 0.1) is 23.4 Å². The zero-order valence-corrected chi connectivity index (χ0v) is 15.5. The van der Waals surface area contributed by atoms with E-state index in [4.69, 9.17) is 4.98 Å². The van der Waals surface area contributed by atoms with Crippen LogP contribution in [0.4, 0.5) is 16.3 Å². The van der Waals surface area contributed by atoms with Crippen molar-refractivity contribution in [1.29, 1.82) is 0 Å². The summed E-state index contributed by atoms with van der Waals surface area (Å²) in [6.07, 6.45) is 3.77. The Morgan fingerprint density at radius 3 is 2.74 bits per heavy atom. The smallest absolute Gasteiger partial charge is 0.324 e. The molecule has 4 heterocycles. The van der Waals surface area contributed by atoms with Crippen LogP contribution in [0.2, 0.25) is 0 Å². The standard InChI is InChI=1S/C20H22N6O/c1-14-9-19(22-18-6-4-3-5-17(14)18)24-11-16(12-24)26-13-15(10-21-26)25-8-7-23(2)20(25)27/h3-6,9-10,13,16H,7-8,11-12H2,1-2H3. The minimum Gasteiger partial charge on any atom is -0.352 e. The van der Waals surface area contributed by atoms with Gasteiger partial charge in [-0.05, 0) is 24.6 Å². The number of para-hydroxylation sites is 1. The molecule has 0 atom stereocenters. The van der Waals surface area contributed by atoms with E-state index >= 15 is 0 Å². The van der Waals surface area contributed by atoms with Gasteiger partial charge in [0.25, 0.3) is 0 Å². The Morgan fingerprint density at radius 1 is 1.15 bits per heavy atom. The first-order chi connectivity index (χ1) is 13.1. The molecule has 0 spiro atoms. The molecule has 0 N–H and O–H groups in total. The summed E-state index contributed by atoms with van der Waals surface area (Å²) in [6, 6.07) is 10.8. The fourth-order valence-electron chi connectivity index (χ4n) is 3.86. The lowest BCUT2D eigenvalue weighted by Crippen LogP contribution is -2.48. The summed E-state index contributed by atoms with van der Waals surface area (Å²) in [5.41, 5.74) is 3.16. The fraction of sp³-hybridized carbons (Fsp3) is 0.350. The number of carbonyl (C=O) groups is 1. The first kappa shape index (κ1) is 16.1. The van der Waals surface area contributed by atoms with E-state index in [1.807, 2.05) is 24.0 Å². The van der Waals surface area contributed by atoms with Crippen molar-refractivity contribution in [3.63, 3.8) is 0 Å². The molecule has 2 aromatic heterocycles. The minimum atomic E-state index is 0.0422. The summed E-state index contributed by atoms with van der Waals surface area (Å²) in [5.74, 6) is 1.02. The number of aromatic nitrogens is 3. The minimum absolute atomic E-state index is 0.0422. The van der Waals surface area contributed by atoms with Gasteiger partial charge in [-0.1, -0.05) is 18.2 Å². The normalized spacial score (nSPS) is 17.9. The Balaban J connectivity index is 1.31. The second-order valence-corrected chi connectivity index (χ2v) is 7.41. The number of carbonyl (C=O) groups excluding carboxylic acids is 1. The van der Waals surface area contributed by atoms with E-state index < -0.39 is 0 Å². The lowest BCUT2D eigenvalue weighted by Gasteiger charge is -2.40. The predicted octanol–water partition coefficient (Wildman–Crippen LogP) is 2.67. The molecule has 0 aliphatic carbocycles. The molecule has 0 radical (unpaired) electrons. The summed E-state index contributed by atoms with van der Waals surface area (Å²) in [6.45, 7) is 5.36. The Morgan fingerprint density at radius 2 is 1.96 bits per heavy atom. The average molecular weight is 362 g/mol. The summed E-state index contributed by atoms with van der Waals surface area (Å²) >= 11 is 0. The van der Waals surface area contributed by atoms with E-state index in [1.165, 1.54) is 10.9 Å². The van der Waals surface area contributed by atoms with E-state index in [1.54, 1.807) is 16.0 Å². The molecule has 7 heteroatoms. The molecule has 2 aliphatic rings. The van der Waals surface area contributed by atoms with Crippen LogP contribution in [0.25, 0.3) is 10.9 Å². The molecule has 0 saturated carbocycles. The fourth-order valence-corrected chi connectivity index (χ4v) is 3.86. The van der Waals surface area contributed by atoms with Gasteiger partial charge in [-0.25, -0.2) is 9.78 Å². The number of hydrogen-bond acceptors (Lipinski definition) is 4. The zero-order valence-electron chi connectivity index (χ0n) is 15.5. The summed E-state index contributed by atoms with van der Waals surface area (Å²) < 4.78 is 1.98. The highest BCUT2D eigenvalue weighted by Crippen LogP contribution is 2.30. The number of hydrogen-bond donors (Lipinski definition) is 0. The monoisotopic (exact) mass is 362 g/mol. The van der Waals surface area contributed by atoms with Gasteiger partial charge < -0.3 is 9.80 Å². The molecule has 138 valence electrons. The molecule has 2 saturated heterocycles. The number of rotatable bonds is 3. The first-order valence-electron chi connectivity index (χ1n) is 9.28. The molecular weight excluding hydrogens is 340 g/mol. The second-order valence-electron chi connectivity index (χ2n) is 7.41. The third kappa shape index (κ3) is 2.61. The molecular formula is C20H22N6O. The molecule has 5 rings (SSSR count). The zero-order chi connectivity index (χ0) is 18.5. The molecule has 0 bridgehead atoms. The Bertz CT molecular complexity index is 1020. The van der Waals surface area contributed by atoms with E-state index in [0.29, 0.717) is 6.04 Å². The summed E-state index contributed by atoms with van der Waals surface area (Å²) in [5, 5.41) is 5.70. The van der Waals surface area contributed by atoms with Gasteiger partial charge in [-0.2, -0.15) is 5.10 Å². The van der Waals surface area contributed by atoms with E-state index in [-0.39, 0.29) is 6.03 Å². The van der Waals surface area contributed by atoms with Crippen LogP contribution in [-0.4, -0.2) is 58.9 Å². The van der Waals surface area contributed by atoms with E-state index in [0.717, 1.165) is 43.2 Å². The topological polar surface area (TPSA) is 57.5 Å². The van der Waals surface area contributed by atoms with Crippen LogP contribution in [0.5, 0.6) is 0 Å². The Hall–Kier alpha value is -3.09. The largest absolute Gasteiger partial charge is 0.352 e. The van der Waals surface area contributed by atoms with Crippen LogP contribution in [0.1, 0.15) is 11.6 Å². The van der Waals surface area contributed by atoms with Crippen molar-refractivity contribution in [2.24, 2.45) is 0 Å². The van der Waals surface area contributed by atoms with Crippen molar-refractivity contribution in [3.05, 3.63) is 48.3 Å². The van der Waals surface area contributed by atoms with Crippen LogP contribution in [0.15, 0.2) is 42.7 Å². The van der Waals surface area contributed by atoms with Gasteiger partial charge in [0, 0.05) is 44.8 Å². The van der Waals surface area contributed by atoms with E-state index in [9.17, 15) is 4.79 Å². The van der Waals surface area contributed by atoms with Crippen molar-refractivity contribution in [2.75, 3.05) is 43.0 Å². The van der Waals surface area contributed by atoms with Crippen LogP contribution in [0.3, 0.4) is 0 Å². The molecule has 1 aromatic carbocycles. The van der Waals surface area contributed by atoms with Crippen molar-refractivity contribution < 1.29 is 4.79 Å². The molecule has 3 aromatic rings. The Labute approximate surface area is 157 Å². The maximum atomic E-state index is 12.1. The maximum absolute atomic E-state index is 12.1. The quantitative estimate of drug-likeness (QED) is 0.719. The summed E-state index contributed by atoms with van der Waals surface area (Å²) in [4.78, 5) is 22.7. The van der Waals surface area contributed by atoms with Crippen LogP contribution in [-0.2, 0) is 0 Å². The van der Waals surface area contributed by atoms with Gasteiger partial charge >= 0.3 is 6.03 Å². The van der Waals surface area contributed by atoms with Gasteiger partial charge in [-0.3, -0.25) is 9.58 Å². The van der Waals surface area contributed by atoms with Gasteiger partial charge in [0.2, 0.25) is 0 Å². The predicted molar refractivity (Wildman–Crippen MR) is 105 cm³/mol. The lowest BCUT2D eigenvalue weighted by atomic mass is 10.1. The highest BCUT2D eigenvalue weighted by atomic mass is 16.2. The van der Waals surface area contributed by atoms with Crippen LogP contribution >= 0.6 is 0 Å². The maximum Gasteiger partial charge on any atom is 0.324 e. The number of fused-ring (bicyclic) bond motifs is 1. The van der Waals surface area contributed by atoms with Crippen LogP contribution < -0.4 is 9.80 Å². The van der Waals surface area contributed by atoms with Crippen molar-refractivity contribution >= 4 is 28.4 Å². The molecule has 2 fully saturated rings. The second kappa shape index (κ2) is 5.97. The van der Waals surface area contributed by atoms with Crippen molar-refractivity contribution in [3.8, 4) is 0 Å². The number of amides is 2. The highest BCUT2D eigenvalue weighted by molar-refractivity contribution is 5.93. The lowest BCUT2D eigenvalue weighted by molar-refractivity contribution is 0.229. The van der Waals surface area contributed by atoms with Crippen LogP contribution in [0, 0.1) is 6.92 Å². The number of likely N-dealkylation sites (N-methyl/N-ethyl adjacent to an activating group) is 1. The molecule has 0 unspecified atom stereocenters. The number of anilines is 2. The third-order valence-corrected chi connectivity index (χ3v) is 5.59. The number of pyridine rings is 1. The number of nitrogens with zero attached hydrogens (tertiary/aromatic N) is 6. The molecule has 7 nitrogen and oxygen atoms in total.